The van der Waals surface area contributed by atoms with Crippen LogP contribution in [-0.4, -0.2) is 30.3 Å². The van der Waals surface area contributed by atoms with Crippen LogP contribution >= 0.6 is 11.8 Å². The summed E-state index contributed by atoms with van der Waals surface area (Å²) in [5.41, 5.74) is 0. The van der Waals surface area contributed by atoms with Gasteiger partial charge in [-0.05, 0) is 29.2 Å². The predicted octanol–water partition coefficient (Wildman–Crippen LogP) is 3.05. The number of hydrogen-bond acceptors (Lipinski definition) is 7. The molecular formula is C14H22N6OS. The zero-order chi connectivity index (χ0) is 15.4. The van der Waals surface area contributed by atoms with Crippen molar-refractivity contribution >= 4 is 11.8 Å². The predicted molar refractivity (Wildman–Crippen MR) is 82.3 cm³/mol. The molecule has 2 aromatic rings. The first kappa shape index (κ1) is 15.5. The molecule has 2 heterocycles. The van der Waals surface area contributed by atoms with Gasteiger partial charge in [0, 0.05) is 6.42 Å². The van der Waals surface area contributed by atoms with Crippen LogP contribution in [0.15, 0.2) is 9.68 Å². The molecule has 8 heteroatoms. The first-order valence-corrected chi connectivity index (χ1v) is 8.93. The number of hydrogen-bond donors (Lipinski definition) is 0. The molecule has 1 fully saturated rings. The Balaban J connectivity index is 1.59. The quantitative estimate of drug-likeness (QED) is 0.756. The third-order valence-corrected chi connectivity index (χ3v) is 4.73. The molecular weight excluding hydrogens is 300 g/mol. The average molecular weight is 322 g/mol. The van der Waals surface area contributed by atoms with Crippen molar-refractivity contribution in [3.05, 3.63) is 11.7 Å². The lowest BCUT2D eigenvalue weighted by Crippen LogP contribution is -2.15. The highest BCUT2D eigenvalue weighted by atomic mass is 32.2. The van der Waals surface area contributed by atoms with E-state index in [1.165, 1.54) is 19.3 Å². The molecule has 1 aliphatic carbocycles. The van der Waals surface area contributed by atoms with Gasteiger partial charge in [0.1, 0.15) is 0 Å². The standard InChI is InChI=1S/C14H22N6OS/c1-10(2)8-12-15-13(21-17-12)9-22-14-16-18-19-20(14)11-6-4-3-5-7-11/h10-11H,3-9H2,1-2H3. The minimum absolute atomic E-state index is 0.436. The molecule has 0 saturated heterocycles. The maximum atomic E-state index is 5.29. The Kier molecular flexibility index (Phi) is 5.07. The van der Waals surface area contributed by atoms with Crippen molar-refractivity contribution in [3.8, 4) is 0 Å². The van der Waals surface area contributed by atoms with Crippen LogP contribution in [0.3, 0.4) is 0 Å². The minimum atomic E-state index is 0.436. The van der Waals surface area contributed by atoms with Gasteiger partial charge in [0.05, 0.1) is 11.8 Å². The minimum Gasteiger partial charge on any atom is -0.338 e. The molecule has 0 amide bonds. The zero-order valence-corrected chi connectivity index (χ0v) is 13.9. The van der Waals surface area contributed by atoms with Crippen molar-refractivity contribution in [2.45, 2.75) is 69.3 Å². The SMILES string of the molecule is CC(C)Cc1noc(CSc2nnnn2C2CCCCC2)n1. The Bertz CT molecular complexity index is 590. The third-order valence-electron chi connectivity index (χ3n) is 3.81. The first-order chi connectivity index (χ1) is 10.7. The van der Waals surface area contributed by atoms with Crippen LogP contribution in [0.2, 0.25) is 0 Å². The number of tetrazole rings is 1. The topological polar surface area (TPSA) is 82.5 Å². The molecule has 0 N–H and O–H groups in total. The Labute approximate surface area is 134 Å². The molecule has 0 aromatic carbocycles. The summed E-state index contributed by atoms with van der Waals surface area (Å²) in [6, 6.07) is 0.436. The van der Waals surface area contributed by atoms with Gasteiger partial charge in [-0.2, -0.15) is 4.98 Å². The van der Waals surface area contributed by atoms with Gasteiger partial charge in [0.2, 0.25) is 11.0 Å². The fraction of sp³-hybridized carbons (Fsp3) is 0.786. The molecule has 22 heavy (non-hydrogen) atoms. The largest absolute Gasteiger partial charge is 0.338 e. The van der Waals surface area contributed by atoms with Crippen LogP contribution in [0.25, 0.3) is 0 Å². The van der Waals surface area contributed by atoms with Crippen molar-refractivity contribution in [3.63, 3.8) is 0 Å². The average Bonchev–Trinajstić information content (AvgIpc) is 3.14. The van der Waals surface area contributed by atoms with Crippen molar-refractivity contribution < 1.29 is 4.52 Å². The van der Waals surface area contributed by atoms with Gasteiger partial charge in [-0.3, -0.25) is 0 Å². The molecule has 0 bridgehead atoms. The highest BCUT2D eigenvalue weighted by Gasteiger charge is 2.20. The molecule has 0 atom stereocenters. The van der Waals surface area contributed by atoms with Crippen molar-refractivity contribution in [2.75, 3.05) is 0 Å². The lowest BCUT2D eigenvalue weighted by molar-refractivity contribution is 0.307. The summed E-state index contributed by atoms with van der Waals surface area (Å²) >= 11 is 1.56. The molecule has 1 aliphatic rings. The van der Waals surface area contributed by atoms with E-state index in [4.69, 9.17) is 4.52 Å². The summed E-state index contributed by atoms with van der Waals surface area (Å²) in [4.78, 5) is 4.42. The summed E-state index contributed by atoms with van der Waals surface area (Å²) < 4.78 is 7.26. The highest BCUT2D eigenvalue weighted by Crippen LogP contribution is 2.30. The molecule has 2 aromatic heterocycles. The van der Waals surface area contributed by atoms with Crippen molar-refractivity contribution in [1.29, 1.82) is 0 Å². The maximum absolute atomic E-state index is 5.29. The zero-order valence-electron chi connectivity index (χ0n) is 13.1. The fourth-order valence-electron chi connectivity index (χ4n) is 2.76. The van der Waals surface area contributed by atoms with Crippen molar-refractivity contribution in [1.82, 2.24) is 30.3 Å². The number of thioether (sulfide) groups is 1. The van der Waals surface area contributed by atoms with E-state index >= 15 is 0 Å². The summed E-state index contributed by atoms with van der Waals surface area (Å²) in [7, 11) is 0. The van der Waals surface area contributed by atoms with E-state index in [0.29, 0.717) is 23.6 Å². The van der Waals surface area contributed by atoms with Gasteiger partial charge < -0.3 is 4.52 Å². The summed E-state index contributed by atoms with van der Waals surface area (Å²) in [5, 5.41) is 17.0. The third kappa shape index (κ3) is 3.85. The molecule has 0 spiro atoms. The number of aromatic nitrogens is 6. The van der Waals surface area contributed by atoms with Crippen LogP contribution in [0.4, 0.5) is 0 Å². The molecule has 7 nitrogen and oxygen atoms in total. The van der Waals surface area contributed by atoms with Gasteiger partial charge >= 0.3 is 0 Å². The fourth-order valence-corrected chi connectivity index (χ4v) is 3.54. The molecule has 0 radical (unpaired) electrons. The summed E-state index contributed by atoms with van der Waals surface area (Å²) in [5.74, 6) is 2.55. The van der Waals surface area contributed by atoms with Gasteiger partial charge in [-0.1, -0.05) is 50.0 Å². The van der Waals surface area contributed by atoms with Crippen LogP contribution in [-0.2, 0) is 12.2 Å². The second-order valence-electron chi connectivity index (χ2n) is 6.19. The highest BCUT2D eigenvalue weighted by molar-refractivity contribution is 7.98. The number of nitrogens with zero attached hydrogens (tertiary/aromatic N) is 6. The van der Waals surface area contributed by atoms with Crippen LogP contribution in [0, 0.1) is 5.92 Å². The molecule has 1 saturated carbocycles. The Morgan fingerprint density at radius 2 is 2.09 bits per heavy atom. The van der Waals surface area contributed by atoms with E-state index in [9.17, 15) is 0 Å². The second-order valence-corrected chi connectivity index (χ2v) is 7.13. The number of rotatable bonds is 6. The second kappa shape index (κ2) is 7.21. The van der Waals surface area contributed by atoms with E-state index in [1.807, 2.05) is 4.68 Å². The van der Waals surface area contributed by atoms with Crippen LogP contribution in [0.5, 0.6) is 0 Å². The van der Waals surface area contributed by atoms with E-state index < -0.39 is 0 Å². The Morgan fingerprint density at radius 1 is 1.27 bits per heavy atom. The molecule has 0 unspecified atom stereocenters. The van der Waals surface area contributed by atoms with Crippen molar-refractivity contribution in [2.24, 2.45) is 5.92 Å². The molecule has 3 rings (SSSR count). The van der Waals surface area contributed by atoms with E-state index in [-0.39, 0.29) is 0 Å². The van der Waals surface area contributed by atoms with E-state index in [1.54, 1.807) is 11.8 Å². The lowest BCUT2D eigenvalue weighted by Gasteiger charge is -2.21. The van der Waals surface area contributed by atoms with Gasteiger partial charge in [-0.25, -0.2) is 4.68 Å². The van der Waals surface area contributed by atoms with Gasteiger partial charge in [-0.15, -0.1) is 5.10 Å². The normalized spacial score (nSPS) is 16.5. The van der Waals surface area contributed by atoms with E-state index in [0.717, 1.165) is 30.2 Å². The molecule has 120 valence electrons. The van der Waals surface area contributed by atoms with Gasteiger partial charge in [0.25, 0.3) is 0 Å². The van der Waals surface area contributed by atoms with Crippen LogP contribution < -0.4 is 0 Å². The first-order valence-electron chi connectivity index (χ1n) is 7.94. The summed E-state index contributed by atoms with van der Waals surface area (Å²) in [6.45, 7) is 4.28. The monoisotopic (exact) mass is 322 g/mol. The Hall–Kier alpha value is -1.44. The van der Waals surface area contributed by atoms with Gasteiger partial charge in [0.15, 0.2) is 5.82 Å². The Morgan fingerprint density at radius 3 is 2.86 bits per heavy atom. The van der Waals surface area contributed by atoms with Crippen LogP contribution in [0.1, 0.15) is 63.7 Å². The maximum Gasteiger partial charge on any atom is 0.237 e. The van der Waals surface area contributed by atoms with E-state index in [2.05, 4.69) is 39.5 Å². The smallest absolute Gasteiger partial charge is 0.237 e. The lowest BCUT2D eigenvalue weighted by atomic mass is 9.96. The summed E-state index contributed by atoms with van der Waals surface area (Å²) in [6.07, 6.45) is 7.01. The molecule has 0 aliphatic heterocycles.